The number of benzene rings is 1. The molecule has 13 heteroatoms. The van der Waals surface area contributed by atoms with Gasteiger partial charge < -0.3 is 30.9 Å². The Balaban J connectivity index is 3.07. The molecule has 0 aromatic heterocycles. The first-order valence-corrected chi connectivity index (χ1v) is 11.5. The number of terminal acetylenes is 1. The van der Waals surface area contributed by atoms with Gasteiger partial charge in [-0.05, 0) is 18.2 Å². The summed E-state index contributed by atoms with van der Waals surface area (Å²) in [4.78, 5) is 72.0. The quantitative estimate of drug-likeness (QED) is 0.102. The molecule has 1 rings (SSSR count). The predicted molar refractivity (Wildman–Crippen MR) is 129 cm³/mol. The lowest BCUT2D eigenvalue weighted by Gasteiger charge is -2.17. The third-order valence-electron chi connectivity index (χ3n) is 4.48. The largest absolute Gasteiger partial charge is 0.480 e. The molecule has 12 nitrogen and oxygen atoms in total. The Morgan fingerprint density at radius 2 is 1.78 bits per heavy atom. The molecule has 36 heavy (non-hydrogen) atoms. The number of carbonyl (C=O) groups is 6. The van der Waals surface area contributed by atoms with Gasteiger partial charge in [-0.2, -0.15) is 0 Å². The maximum Gasteiger partial charge on any atom is 0.337 e. The number of hydrogen-bond acceptors (Lipinski definition) is 9. The first kappa shape index (κ1) is 30.1. The molecule has 0 aliphatic carbocycles. The van der Waals surface area contributed by atoms with Crippen molar-refractivity contribution in [1.29, 1.82) is 0 Å². The van der Waals surface area contributed by atoms with E-state index >= 15 is 0 Å². The summed E-state index contributed by atoms with van der Waals surface area (Å²) in [6.45, 7) is 1.48. The molecule has 0 saturated heterocycles. The molecule has 0 fully saturated rings. The molecule has 1 unspecified atom stereocenters. The third-order valence-corrected chi connectivity index (χ3v) is 5.81. The van der Waals surface area contributed by atoms with Crippen LogP contribution in [0.2, 0.25) is 0 Å². The van der Waals surface area contributed by atoms with E-state index in [0.29, 0.717) is 0 Å². The zero-order valence-electron chi connectivity index (χ0n) is 19.7. The number of esters is 1. The van der Waals surface area contributed by atoms with Crippen LogP contribution in [0.25, 0.3) is 0 Å². The second kappa shape index (κ2) is 15.2. The number of carbonyl (C=O) groups excluding carboxylic acids is 5. The maximum atomic E-state index is 13.0. The number of hydrogen-bond donors (Lipinski definition) is 4. The van der Waals surface area contributed by atoms with E-state index in [4.69, 9.17) is 16.9 Å². The topological polar surface area (TPSA) is 191 Å². The number of carboxylic acids is 1. The number of methoxy groups -OCH3 is 1. The van der Waals surface area contributed by atoms with Crippen LogP contribution in [0.1, 0.15) is 44.4 Å². The van der Waals surface area contributed by atoms with Crippen molar-refractivity contribution < 1.29 is 43.3 Å². The highest BCUT2D eigenvalue weighted by molar-refractivity contribution is 8.00. The first-order valence-electron chi connectivity index (χ1n) is 10.5. The summed E-state index contributed by atoms with van der Waals surface area (Å²) in [5.74, 6) is -2.75. The second-order valence-electron chi connectivity index (χ2n) is 7.25. The third kappa shape index (κ3) is 10.2. The summed E-state index contributed by atoms with van der Waals surface area (Å²) in [7, 11) is 1.13. The van der Waals surface area contributed by atoms with Crippen LogP contribution in [0.3, 0.4) is 0 Å². The van der Waals surface area contributed by atoms with Crippen LogP contribution >= 0.6 is 11.8 Å². The smallest absolute Gasteiger partial charge is 0.337 e. The van der Waals surface area contributed by atoms with Crippen molar-refractivity contribution in [2.75, 3.05) is 32.6 Å². The number of carboxylic acid groups (broad SMARTS) is 1. The van der Waals surface area contributed by atoms with E-state index in [-0.39, 0.29) is 42.2 Å². The molecule has 2 atom stereocenters. The van der Waals surface area contributed by atoms with Crippen LogP contribution < -0.4 is 16.4 Å². The van der Waals surface area contributed by atoms with E-state index in [9.17, 15) is 33.9 Å². The van der Waals surface area contributed by atoms with E-state index in [0.717, 1.165) is 25.8 Å². The zero-order valence-corrected chi connectivity index (χ0v) is 20.5. The number of amides is 3. The van der Waals surface area contributed by atoms with Gasteiger partial charge in [0.25, 0.3) is 5.91 Å². The Bertz CT molecular complexity index is 1050. The molecular formula is C23H27N3O9S. The summed E-state index contributed by atoms with van der Waals surface area (Å²) in [5, 5.41) is 12.9. The van der Waals surface area contributed by atoms with Gasteiger partial charge in [-0.25, -0.2) is 9.59 Å². The van der Waals surface area contributed by atoms with Crippen LogP contribution in [0, 0.1) is 12.3 Å². The van der Waals surface area contributed by atoms with Crippen LogP contribution in [0.5, 0.6) is 0 Å². The summed E-state index contributed by atoms with van der Waals surface area (Å²) < 4.78 is 9.75. The van der Waals surface area contributed by atoms with Gasteiger partial charge in [0.15, 0.2) is 5.78 Å². The monoisotopic (exact) mass is 521 g/mol. The maximum absolute atomic E-state index is 13.0. The highest BCUT2D eigenvalue weighted by atomic mass is 32.2. The average Bonchev–Trinajstić information content (AvgIpc) is 2.83. The van der Waals surface area contributed by atoms with Gasteiger partial charge in [0.05, 0.1) is 24.5 Å². The Morgan fingerprint density at radius 3 is 2.33 bits per heavy atom. The van der Waals surface area contributed by atoms with Crippen molar-refractivity contribution in [3.8, 4) is 12.3 Å². The van der Waals surface area contributed by atoms with Crippen LogP contribution in [0.4, 0.5) is 0 Å². The predicted octanol–water partition coefficient (Wildman–Crippen LogP) is -0.398. The van der Waals surface area contributed by atoms with E-state index in [1.165, 1.54) is 18.2 Å². The molecule has 1 aromatic rings. The number of nitrogens with one attached hydrogen (secondary N) is 2. The Kier molecular flexibility index (Phi) is 12.7. The van der Waals surface area contributed by atoms with Gasteiger partial charge in [-0.3, -0.25) is 19.2 Å². The van der Waals surface area contributed by atoms with E-state index in [1.54, 1.807) is 0 Å². The van der Waals surface area contributed by atoms with Gasteiger partial charge in [0.1, 0.15) is 12.6 Å². The number of thioether (sulfide) groups is 1. The minimum atomic E-state index is -1.32. The fourth-order valence-corrected chi connectivity index (χ4v) is 3.87. The van der Waals surface area contributed by atoms with Gasteiger partial charge in [-0.1, -0.05) is 5.92 Å². The van der Waals surface area contributed by atoms with Gasteiger partial charge in [0, 0.05) is 36.8 Å². The average molecular weight is 522 g/mol. The lowest BCUT2D eigenvalue weighted by atomic mass is 9.99. The minimum Gasteiger partial charge on any atom is -0.480 e. The molecule has 0 radical (unpaired) electrons. The van der Waals surface area contributed by atoms with Crippen molar-refractivity contribution in [2.45, 2.75) is 24.6 Å². The number of ether oxygens (including phenoxy) is 2. The molecule has 0 aliphatic heterocycles. The fourth-order valence-electron chi connectivity index (χ4n) is 2.79. The normalized spacial score (nSPS) is 11.9. The molecule has 194 valence electrons. The molecule has 0 heterocycles. The lowest BCUT2D eigenvalue weighted by Crippen LogP contribution is -2.42. The Hall–Kier alpha value is -3.89. The van der Waals surface area contributed by atoms with Crippen molar-refractivity contribution in [3.63, 3.8) is 0 Å². The summed E-state index contributed by atoms with van der Waals surface area (Å²) in [6, 6.07) is 2.39. The first-order chi connectivity index (χ1) is 17.0. The van der Waals surface area contributed by atoms with Crippen molar-refractivity contribution in [1.82, 2.24) is 10.6 Å². The summed E-state index contributed by atoms with van der Waals surface area (Å²) in [6.07, 6.45) is 4.63. The SMILES string of the molecule is C#CCOCCNC(=O)c1cc(C(=O)CC(SC[C@H](NC(C)=O)C(=O)O)C(N)=O)cc(C(=O)OC)c1. The summed E-state index contributed by atoms with van der Waals surface area (Å²) in [5.41, 5.74) is 5.24. The van der Waals surface area contributed by atoms with Crippen LogP contribution in [-0.4, -0.2) is 84.5 Å². The highest BCUT2D eigenvalue weighted by Gasteiger charge is 2.26. The minimum absolute atomic E-state index is 0.0157. The molecule has 0 spiro atoms. The fraction of sp³-hybridized carbons (Fsp3) is 0.391. The Labute approximate surface area is 211 Å². The number of rotatable bonds is 15. The molecule has 0 bridgehead atoms. The molecule has 5 N–H and O–H groups in total. The second-order valence-corrected chi connectivity index (χ2v) is 8.48. The molecular weight excluding hydrogens is 494 g/mol. The van der Waals surface area contributed by atoms with Crippen molar-refractivity contribution >= 4 is 47.2 Å². The summed E-state index contributed by atoms with van der Waals surface area (Å²) >= 11 is 0.784. The van der Waals surface area contributed by atoms with Crippen molar-refractivity contribution in [2.24, 2.45) is 5.73 Å². The molecule has 0 saturated carbocycles. The molecule has 0 aliphatic rings. The van der Waals surface area contributed by atoms with E-state index in [2.05, 4.69) is 21.3 Å². The zero-order chi connectivity index (χ0) is 27.3. The standard InChI is InChI=1S/C23H27N3O9S/c1-4-6-35-7-5-25-21(30)15-8-14(9-16(10-15)23(33)34-3)18(28)11-19(20(24)29)36-12-17(22(31)32)26-13(2)27/h1,8-10,17,19H,5-7,11-12H2,2-3H3,(H2,24,29)(H,25,30)(H,26,27)(H,31,32)/t17-,19?/m0/s1. The number of primary amides is 1. The van der Waals surface area contributed by atoms with Crippen LogP contribution in [0.15, 0.2) is 18.2 Å². The highest BCUT2D eigenvalue weighted by Crippen LogP contribution is 2.21. The molecule has 3 amide bonds. The number of nitrogens with two attached hydrogens (primary N) is 1. The van der Waals surface area contributed by atoms with Gasteiger partial charge >= 0.3 is 11.9 Å². The Morgan fingerprint density at radius 1 is 1.14 bits per heavy atom. The van der Waals surface area contributed by atoms with Crippen LogP contribution in [-0.2, 0) is 23.9 Å². The van der Waals surface area contributed by atoms with E-state index in [1.807, 2.05) is 0 Å². The lowest BCUT2D eigenvalue weighted by molar-refractivity contribution is -0.140. The van der Waals surface area contributed by atoms with Gasteiger partial charge in [-0.15, -0.1) is 18.2 Å². The number of aliphatic carboxylic acids is 1. The number of ketones is 1. The van der Waals surface area contributed by atoms with Gasteiger partial charge in [0.2, 0.25) is 11.8 Å². The molecule has 1 aromatic carbocycles. The van der Waals surface area contributed by atoms with Crippen molar-refractivity contribution in [3.05, 3.63) is 34.9 Å². The van der Waals surface area contributed by atoms with E-state index < -0.39 is 53.2 Å². The number of Topliss-reactive ketones (excluding diaryl/α,β-unsaturated/α-hetero) is 1.